The van der Waals surface area contributed by atoms with Crippen LogP contribution < -0.4 is 10.2 Å². The number of rotatable bonds is 4. The number of carbonyl (C=O) groups is 2. The summed E-state index contributed by atoms with van der Waals surface area (Å²) in [5.41, 5.74) is 4.23. The normalized spacial score (nSPS) is 14.2. The molecule has 4 nitrogen and oxygen atoms in total. The Hall–Kier alpha value is -3.18. The molecule has 1 aliphatic rings. The lowest BCUT2D eigenvalue weighted by Gasteiger charge is -2.15. The molecule has 4 rings (SSSR count). The van der Waals surface area contributed by atoms with Crippen LogP contribution >= 0.6 is 11.3 Å². The smallest absolute Gasteiger partial charge is 0.282 e. The summed E-state index contributed by atoms with van der Waals surface area (Å²) >= 11 is 1.45. The van der Waals surface area contributed by atoms with Gasteiger partial charge in [0.15, 0.2) is 0 Å². The molecule has 0 aliphatic carbocycles. The van der Waals surface area contributed by atoms with Crippen LogP contribution in [-0.2, 0) is 9.59 Å². The molecule has 0 saturated heterocycles. The van der Waals surface area contributed by atoms with Crippen molar-refractivity contribution in [3.05, 3.63) is 87.7 Å². The van der Waals surface area contributed by atoms with Gasteiger partial charge in [-0.05, 0) is 55.1 Å². The highest BCUT2D eigenvalue weighted by Crippen LogP contribution is 2.35. The van der Waals surface area contributed by atoms with Crippen molar-refractivity contribution >= 4 is 40.1 Å². The van der Waals surface area contributed by atoms with Crippen LogP contribution in [0.25, 0.3) is 5.57 Å². The van der Waals surface area contributed by atoms with E-state index in [1.54, 1.807) is 12.1 Å². The quantitative estimate of drug-likeness (QED) is 0.670. The molecule has 0 atom stereocenters. The molecule has 134 valence electrons. The Morgan fingerprint density at radius 3 is 2.30 bits per heavy atom. The van der Waals surface area contributed by atoms with E-state index < -0.39 is 0 Å². The van der Waals surface area contributed by atoms with Crippen molar-refractivity contribution in [2.75, 3.05) is 10.2 Å². The molecule has 0 saturated carbocycles. The SMILES string of the molecule is Cc1ccc(N2C(=O)C(Nc3cccc(C)c3)=C(c3cccs3)C2=O)cc1. The second kappa shape index (κ2) is 6.85. The van der Waals surface area contributed by atoms with Gasteiger partial charge in [0.05, 0.1) is 11.3 Å². The zero-order chi connectivity index (χ0) is 19.0. The third kappa shape index (κ3) is 3.17. The maximum atomic E-state index is 13.2. The summed E-state index contributed by atoms with van der Waals surface area (Å²) in [5, 5.41) is 5.09. The molecule has 0 unspecified atom stereocenters. The van der Waals surface area contributed by atoms with Gasteiger partial charge in [-0.25, -0.2) is 4.90 Å². The predicted octanol–water partition coefficient (Wildman–Crippen LogP) is 4.76. The van der Waals surface area contributed by atoms with Crippen molar-refractivity contribution in [3.63, 3.8) is 0 Å². The summed E-state index contributed by atoms with van der Waals surface area (Å²) in [6, 6.07) is 18.9. The molecule has 1 aliphatic heterocycles. The predicted molar refractivity (Wildman–Crippen MR) is 110 cm³/mol. The van der Waals surface area contributed by atoms with Gasteiger partial charge in [0, 0.05) is 10.6 Å². The summed E-state index contributed by atoms with van der Waals surface area (Å²) < 4.78 is 0. The Labute approximate surface area is 161 Å². The molecular formula is C22H18N2O2S. The Balaban J connectivity index is 1.79. The second-order valence-corrected chi connectivity index (χ2v) is 7.45. The lowest BCUT2D eigenvalue weighted by atomic mass is 10.1. The first-order valence-corrected chi connectivity index (χ1v) is 9.50. The Morgan fingerprint density at radius 2 is 1.63 bits per heavy atom. The third-order valence-corrected chi connectivity index (χ3v) is 5.32. The number of hydrogen-bond acceptors (Lipinski definition) is 4. The fraction of sp³-hybridized carbons (Fsp3) is 0.0909. The average molecular weight is 374 g/mol. The van der Waals surface area contributed by atoms with Gasteiger partial charge in [-0.15, -0.1) is 11.3 Å². The van der Waals surface area contributed by atoms with Gasteiger partial charge in [0.25, 0.3) is 11.8 Å². The van der Waals surface area contributed by atoms with Gasteiger partial charge < -0.3 is 5.32 Å². The topological polar surface area (TPSA) is 49.4 Å². The van der Waals surface area contributed by atoms with E-state index in [0.717, 1.165) is 21.7 Å². The van der Waals surface area contributed by atoms with Crippen molar-refractivity contribution in [3.8, 4) is 0 Å². The number of nitrogens with zero attached hydrogens (tertiary/aromatic N) is 1. The minimum Gasteiger partial charge on any atom is -0.350 e. The molecule has 1 aromatic heterocycles. The van der Waals surface area contributed by atoms with E-state index in [1.807, 2.05) is 67.8 Å². The highest BCUT2D eigenvalue weighted by molar-refractivity contribution is 7.11. The fourth-order valence-electron chi connectivity index (χ4n) is 3.09. The van der Waals surface area contributed by atoms with E-state index in [4.69, 9.17) is 0 Å². The Kier molecular flexibility index (Phi) is 4.38. The van der Waals surface area contributed by atoms with Gasteiger partial charge in [-0.2, -0.15) is 0 Å². The van der Waals surface area contributed by atoms with Crippen molar-refractivity contribution < 1.29 is 9.59 Å². The van der Waals surface area contributed by atoms with E-state index in [1.165, 1.54) is 16.2 Å². The maximum Gasteiger partial charge on any atom is 0.282 e. The van der Waals surface area contributed by atoms with E-state index in [9.17, 15) is 9.59 Å². The first kappa shape index (κ1) is 17.2. The number of nitrogens with one attached hydrogen (secondary N) is 1. The summed E-state index contributed by atoms with van der Waals surface area (Å²) in [4.78, 5) is 28.4. The van der Waals surface area contributed by atoms with E-state index in [-0.39, 0.29) is 11.8 Å². The number of thiophene rings is 1. The van der Waals surface area contributed by atoms with E-state index >= 15 is 0 Å². The Bertz CT molecular complexity index is 1050. The molecule has 3 aromatic rings. The van der Waals surface area contributed by atoms with Gasteiger partial charge in [-0.1, -0.05) is 35.9 Å². The van der Waals surface area contributed by atoms with Crippen LogP contribution in [0.1, 0.15) is 16.0 Å². The summed E-state index contributed by atoms with van der Waals surface area (Å²) in [6.07, 6.45) is 0. The lowest BCUT2D eigenvalue weighted by Crippen LogP contribution is -2.32. The standard InChI is InChI=1S/C22H18N2O2S/c1-14-8-10-17(11-9-14)24-21(25)19(18-7-4-12-27-18)20(22(24)26)23-16-6-3-5-15(2)13-16/h3-13,23H,1-2H3. The van der Waals surface area contributed by atoms with Crippen LogP contribution in [0.2, 0.25) is 0 Å². The zero-order valence-electron chi connectivity index (χ0n) is 15.0. The molecule has 0 spiro atoms. The number of benzene rings is 2. The van der Waals surface area contributed by atoms with Crippen molar-refractivity contribution in [2.24, 2.45) is 0 Å². The number of amides is 2. The van der Waals surface area contributed by atoms with Gasteiger partial charge in [-0.3, -0.25) is 9.59 Å². The van der Waals surface area contributed by atoms with Crippen LogP contribution in [0.4, 0.5) is 11.4 Å². The number of imide groups is 1. The molecule has 2 amide bonds. The van der Waals surface area contributed by atoms with Gasteiger partial charge in [0.2, 0.25) is 0 Å². The first-order valence-electron chi connectivity index (χ1n) is 8.62. The Morgan fingerprint density at radius 1 is 0.852 bits per heavy atom. The lowest BCUT2D eigenvalue weighted by molar-refractivity contribution is -0.120. The first-order chi connectivity index (χ1) is 13.0. The largest absolute Gasteiger partial charge is 0.350 e. The van der Waals surface area contributed by atoms with Crippen molar-refractivity contribution in [1.82, 2.24) is 0 Å². The molecule has 2 aromatic carbocycles. The van der Waals surface area contributed by atoms with Crippen molar-refractivity contribution in [1.29, 1.82) is 0 Å². The molecule has 0 radical (unpaired) electrons. The summed E-state index contributed by atoms with van der Waals surface area (Å²) in [6.45, 7) is 3.96. The molecule has 1 N–H and O–H groups in total. The number of anilines is 2. The van der Waals surface area contributed by atoms with E-state index in [2.05, 4.69) is 5.32 Å². The van der Waals surface area contributed by atoms with Crippen molar-refractivity contribution in [2.45, 2.75) is 13.8 Å². The summed E-state index contributed by atoms with van der Waals surface area (Å²) in [5.74, 6) is -0.643. The second-order valence-electron chi connectivity index (χ2n) is 6.50. The van der Waals surface area contributed by atoms with Gasteiger partial charge >= 0.3 is 0 Å². The molecular weight excluding hydrogens is 356 g/mol. The number of aryl methyl sites for hydroxylation is 2. The molecule has 0 fully saturated rings. The molecule has 5 heteroatoms. The fourth-order valence-corrected chi connectivity index (χ4v) is 3.86. The van der Waals surface area contributed by atoms with Crippen LogP contribution in [0.5, 0.6) is 0 Å². The summed E-state index contributed by atoms with van der Waals surface area (Å²) in [7, 11) is 0. The third-order valence-electron chi connectivity index (χ3n) is 4.43. The highest BCUT2D eigenvalue weighted by atomic mass is 32.1. The van der Waals surface area contributed by atoms with Gasteiger partial charge in [0.1, 0.15) is 5.70 Å². The van der Waals surface area contributed by atoms with Crippen LogP contribution in [0.3, 0.4) is 0 Å². The minimum atomic E-state index is -0.339. The molecule has 27 heavy (non-hydrogen) atoms. The molecule has 2 heterocycles. The number of carbonyl (C=O) groups excluding carboxylic acids is 2. The van der Waals surface area contributed by atoms with Crippen LogP contribution in [0.15, 0.2) is 71.7 Å². The maximum absolute atomic E-state index is 13.2. The monoisotopic (exact) mass is 374 g/mol. The highest BCUT2D eigenvalue weighted by Gasteiger charge is 2.40. The van der Waals surface area contributed by atoms with Crippen LogP contribution in [0, 0.1) is 13.8 Å². The molecule has 0 bridgehead atoms. The van der Waals surface area contributed by atoms with Crippen LogP contribution in [-0.4, -0.2) is 11.8 Å². The van der Waals surface area contributed by atoms with E-state index in [0.29, 0.717) is 17.0 Å². The average Bonchev–Trinajstić information content (AvgIpc) is 3.24. The number of hydrogen-bond donors (Lipinski definition) is 1. The minimum absolute atomic E-state index is 0.304. The zero-order valence-corrected chi connectivity index (χ0v) is 15.8.